The quantitative estimate of drug-likeness (QED) is 0.915. The fourth-order valence-corrected chi connectivity index (χ4v) is 2.84. The summed E-state index contributed by atoms with van der Waals surface area (Å²) in [4.78, 5) is 0. The average molecular weight is 335 g/mol. The van der Waals surface area contributed by atoms with Crippen molar-refractivity contribution in [1.29, 1.82) is 0 Å². The van der Waals surface area contributed by atoms with Gasteiger partial charge < -0.3 is 10.1 Å². The van der Waals surface area contributed by atoms with Crippen LogP contribution in [0.3, 0.4) is 0 Å². The van der Waals surface area contributed by atoms with Gasteiger partial charge in [-0.25, -0.2) is 0 Å². The van der Waals surface area contributed by atoms with E-state index in [0.717, 1.165) is 27.8 Å². The molecule has 0 radical (unpaired) electrons. The van der Waals surface area contributed by atoms with Crippen LogP contribution in [0.5, 0.6) is 5.75 Å². The molecule has 15 heavy (non-hydrogen) atoms. The zero-order chi connectivity index (χ0) is 10.7. The highest BCUT2D eigenvalue weighted by molar-refractivity contribution is 9.11. The Bertz CT molecular complexity index is 337. The van der Waals surface area contributed by atoms with Crippen molar-refractivity contribution < 1.29 is 4.74 Å². The topological polar surface area (TPSA) is 21.3 Å². The van der Waals surface area contributed by atoms with Crippen LogP contribution in [0, 0.1) is 0 Å². The minimum Gasteiger partial charge on any atom is -0.491 e. The number of halogens is 2. The molecule has 1 aliphatic heterocycles. The maximum absolute atomic E-state index is 5.75. The average Bonchev–Trinajstić information content (AvgIpc) is 2.69. The lowest BCUT2D eigenvalue weighted by Crippen LogP contribution is -2.28. The lowest BCUT2D eigenvalue weighted by molar-refractivity contribution is 0.275. The van der Waals surface area contributed by atoms with Gasteiger partial charge in [-0.2, -0.15) is 0 Å². The number of nitrogens with one attached hydrogen (secondary N) is 1. The normalized spacial score (nSPS) is 20.5. The molecule has 0 aliphatic carbocycles. The Hall–Kier alpha value is -0.0600. The van der Waals surface area contributed by atoms with Gasteiger partial charge in [-0.1, -0.05) is 15.9 Å². The predicted octanol–water partition coefficient (Wildman–Crippen LogP) is 3.34. The summed E-state index contributed by atoms with van der Waals surface area (Å²) in [5.41, 5.74) is 0. The van der Waals surface area contributed by atoms with Gasteiger partial charge in [0.05, 0.1) is 4.47 Å². The standard InChI is InChI=1S/C11H13Br2NO/c12-8-3-4-11(10(13)6-8)15-7-9-2-1-5-14-9/h3-4,6,9,14H,1-2,5,7H2. The van der Waals surface area contributed by atoms with E-state index in [0.29, 0.717) is 6.04 Å². The highest BCUT2D eigenvalue weighted by atomic mass is 79.9. The molecular weight excluding hydrogens is 322 g/mol. The van der Waals surface area contributed by atoms with Crippen LogP contribution in [0.25, 0.3) is 0 Å². The molecule has 1 fully saturated rings. The number of hydrogen-bond acceptors (Lipinski definition) is 2. The first kappa shape index (κ1) is 11.4. The molecule has 1 aromatic carbocycles. The lowest BCUT2D eigenvalue weighted by Gasteiger charge is -2.13. The summed E-state index contributed by atoms with van der Waals surface area (Å²) in [7, 11) is 0. The minimum absolute atomic E-state index is 0.514. The van der Waals surface area contributed by atoms with Crippen molar-refractivity contribution in [3.05, 3.63) is 27.1 Å². The van der Waals surface area contributed by atoms with Gasteiger partial charge in [-0.3, -0.25) is 0 Å². The van der Waals surface area contributed by atoms with Crippen molar-refractivity contribution in [3.8, 4) is 5.75 Å². The molecule has 1 aromatic rings. The van der Waals surface area contributed by atoms with Crippen LogP contribution in [0.2, 0.25) is 0 Å². The molecule has 0 aromatic heterocycles. The summed E-state index contributed by atoms with van der Waals surface area (Å²) < 4.78 is 7.80. The Morgan fingerprint density at radius 2 is 2.27 bits per heavy atom. The fourth-order valence-electron chi connectivity index (χ4n) is 1.68. The highest BCUT2D eigenvalue weighted by Crippen LogP contribution is 2.28. The summed E-state index contributed by atoms with van der Waals surface area (Å²) >= 11 is 6.90. The molecular formula is C11H13Br2NO. The van der Waals surface area contributed by atoms with Crippen LogP contribution in [0.1, 0.15) is 12.8 Å². The first-order chi connectivity index (χ1) is 7.25. The van der Waals surface area contributed by atoms with Gasteiger partial charge in [-0.05, 0) is 53.5 Å². The Kier molecular flexibility index (Phi) is 4.05. The summed E-state index contributed by atoms with van der Waals surface area (Å²) in [5, 5.41) is 3.41. The van der Waals surface area contributed by atoms with Crippen LogP contribution in [0.4, 0.5) is 0 Å². The summed E-state index contributed by atoms with van der Waals surface area (Å²) in [6.45, 7) is 1.87. The maximum atomic E-state index is 5.75. The minimum atomic E-state index is 0.514. The third kappa shape index (κ3) is 3.20. The van der Waals surface area contributed by atoms with E-state index in [1.807, 2.05) is 18.2 Å². The Labute approximate surface area is 107 Å². The third-order valence-electron chi connectivity index (χ3n) is 2.50. The zero-order valence-electron chi connectivity index (χ0n) is 8.30. The third-order valence-corrected chi connectivity index (χ3v) is 3.61. The SMILES string of the molecule is Brc1ccc(OCC2CCCN2)c(Br)c1. The van der Waals surface area contributed by atoms with Crippen LogP contribution < -0.4 is 10.1 Å². The van der Waals surface area contributed by atoms with Crippen molar-refractivity contribution in [2.45, 2.75) is 18.9 Å². The largest absolute Gasteiger partial charge is 0.491 e. The predicted molar refractivity (Wildman–Crippen MR) is 68.4 cm³/mol. The van der Waals surface area contributed by atoms with E-state index in [2.05, 4.69) is 37.2 Å². The molecule has 0 spiro atoms. The van der Waals surface area contributed by atoms with Gasteiger partial charge in [0.1, 0.15) is 12.4 Å². The molecule has 1 unspecified atom stereocenters. The molecule has 0 amide bonds. The van der Waals surface area contributed by atoms with Crippen LogP contribution in [0.15, 0.2) is 27.1 Å². The van der Waals surface area contributed by atoms with Crippen LogP contribution >= 0.6 is 31.9 Å². The van der Waals surface area contributed by atoms with Crippen molar-refractivity contribution in [2.24, 2.45) is 0 Å². The molecule has 0 saturated carbocycles. The van der Waals surface area contributed by atoms with Gasteiger partial charge in [0.2, 0.25) is 0 Å². The van der Waals surface area contributed by atoms with E-state index in [4.69, 9.17) is 4.74 Å². The van der Waals surface area contributed by atoms with Gasteiger partial charge in [0, 0.05) is 10.5 Å². The monoisotopic (exact) mass is 333 g/mol. The maximum Gasteiger partial charge on any atom is 0.133 e. The molecule has 2 nitrogen and oxygen atoms in total. The summed E-state index contributed by atoms with van der Waals surface area (Å²) in [5.74, 6) is 0.909. The van der Waals surface area contributed by atoms with Crippen LogP contribution in [-0.4, -0.2) is 19.2 Å². The van der Waals surface area contributed by atoms with Crippen molar-refractivity contribution in [3.63, 3.8) is 0 Å². The second-order valence-electron chi connectivity index (χ2n) is 3.68. The molecule has 0 bridgehead atoms. The van der Waals surface area contributed by atoms with Gasteiger partial charge in [0.15, 0.2) is 0 Å². The molecule has 2 rings (SSSR count). The summed E-state index contributed by atoms with van der Waals surface area (Å²) in [6.07, 6.45) is 2.48. The first-order valence-electron chi connectivity index (χ1n) is 5.07. The molecule has 1 saturated heterocycles. The number of hydrogen-bond donors (Lipinski definition) is 1. The van der Waals surface area contributed by atoms with Crippen LogP contribution in [-0.2, 0) is 0 Å². The summed E-state index contributed by atoms with van der Waals surface area (Å²) in [6, 6.07) is 6.48. The van der Waals surface area contributed by atoms with Crippen molar-refractivity contribution >= 4 is 31.9 Å². The van der Waals surface area contributed by atoms with Crippen molar-refractivity contribution in [2.75, 3.05) is 13.2 Å². The van der Waals surface area contributed by atoms with Gasteiger partial charge in [-0.15, -0.1) is 0 Å². The number of rotatable bonds is 3. The van der Waals surface area contributed by atoms with Crippen molar-refractivity contribution in [1.82, 2.24) is 5.32 Å². The first-order valence-corrected chi connectivity index (χ1v) is 6.65. The second-order valence-corrected chi connectivity index (χ2v) is 5.45. The number of benzene rings is 1. The molecule has 1 aliphatic rings. The van der Waals surface area contributed by atoms with E-state index in [1.165, 1.54) is 12.8 Å². The molecule has 1 N–H and O–H groups in total. The molecule has 1 heterocycles. The van der Waals surface area contributed by atoms with E-state index in [1.54, 1.807) is 0 Å². The molecule has 4 heteroatoms. The lowest BCUT2D eigenvalue weighted by atomic mass is 10.2. The van der Waals surface area contributed by atoms with E-state index >= 15 is 0 Å². The molecule has 82 valence electrons. The zero-order valence-corrected chi connectivity index (χ0v) is 11.5. The van der Waals surface area contributed by atoms with E-state index in [-0.39, 0.29) is 0 Å². The Balaban J connectivity index is 1.92. The number of ether oxygens (including phenoxy) is 1. The van der Waals surface area contributed by atoms with E-state index in [9.17, 15) is 0 Å². The fraction of sp³-hybridized carbons (Fsp3) is 0.455. The second kappa shape index (κ2) is 5.32. The highest BCUT2D eigenvalue weighted by Gasteiger charge is 2.14. The Morgan fingerprint density at radius 1 is 1.40 bits per heavy atom. The smallest absolute Gasteiger partial charge is 0.133 e. The Morgan fingerprint density at radius 3 is 2.93 bits per heavy atom. The van der Waals surface area contributed by atoms with Gasteiger partial charge in [0.25, 0.3) is 0 Å². The van der Waals surface area contributed by atoms with Gasteiger partial charge >= 0.3 is 0 Å². The van der Waals surface area contributed by atoms with E-state index < -0.39 is 0 Å². The molecule has 1 atom stereocenters.